The van der Waals surface area contributed by atoms with Crippen LogP contribution < -0.4 is 4.90 Å². The standard InChI is InChI=1S/C20H24N6OS/c1-13-18(9-14-3-5-17(6-4-14)28(2,21)27)19(26-20(24-13)22-12-23-26)25-10-15-7-16(8-15)11-25/h3-6,12,15-16,21H,7-11H2,1-2H3. The molecule has 2 aromatic heterocycles. The molecule has 1 unspecified atom stereocenters. The fourth-order valence-electron chi connectivity index (χ4n) is 4.61. The average Bonchev–Trinajstić information content (AvgIpc) is 3.09. The van der Waals surface area contributed by atoms with E-state index in [2.05, 4.69) is 20.0 Å². The van der Waals surface area contributed by atoms with Crippen LogP contribution in [0.5, 0.6) is 0 Å². The molecule has 0 radical (unpaired) electrons. The van der Waals surface area contributed by atoms with E-state index in [1.54, 1.807) is 18.5 Å². The summed E-state index contributed by atoms with van der Waals surface area (Å²) in [6.07, 6.45) is 6.44. The topological polar surface area (TPSA) is 87.2 Å². The molecular weight excluding hydrogens is 372 g/mol. The molecule has 2 aliphatic heterocycles. The lowest BCUT2D eigenvalue weighted by atomic mass is 9.71. The van der Waals surface area contributed by atoms with Crippen LogP contribution in [-0.2, 0) is 16.1 Å². The second-order valence-electron chi connectivity index (χ2n) is 8.24. The first-order valence-electron chi connectivity index (χ1n) is 9.65. The van der Waals surface area contributed by atoms with Crippen LogP contribution in [0.2, 0.25) is 0 Å². The van der Waals surface area contributed by atoms with Crippen LogP contribution in [-0.4, -0.2) is 43.1 Å². The van der Waals surface area contributed by atoms with Gasteiger partial charge in [-0.1, -0.05) is 12.1 Å². The Bertz CT molecular complexity index is 1140. The molecule has 2 bridgehead atoms. The number of aryl methyl sites for hydroxylation is 1. The van der Waals surface area contributed by atoms with Crippen LogP contribution in [0.4, 0.5) is 5.82 Å². The minimum absolute atomic E-state index is 0.564. The summed E-state index contributed by atoms with van der Waals surface area (Å²) in [7, 11) is -2.69. The molecular formula is C20H24N6OS. The molecule has 1 N–H and O–H groups in total. The van der Waals surface area contributed by atoms with E-state index >= 15 is 0 Å². The van der Waals surface area contributed by atoms with Crippen LogP contribution in [0.25, 0.3) is 5.78 Å². The van der Waals surface area contributed by atoms with Crippen molar-refractivity contribution in [3.05, 3.63) is 47.4 Å². The Kier molecular flexibility index (Phi) is 3.94. The van der Waals surface area contributed by atoms with Gasteiger partial charge in [0.25, 0.3) is 5.78 Å². The van der Waals surface area contributed by atoms with Crippen molar-refractivity contribution in [3.63, 3.8) is 0 Å². The fraction of sp³-hybridized carbons (Fsp3) is 0.450. The van der Waals surface area contributed by atoms with Crippen molar-refractivity contribution in [2.24, 2.45) is 11.8 Å². The number of piperidine rings is 2. The molecule has 6 rings (SSSR count). The number of anilines is 1. The zero-order valence-corrected chi connectivity index (χ0v) is 16.9. The van der Waals surface area contributed by atoms with Crippen molar-refractivity contribution >= 4 is 21.3 Å². The van der Waals surface area contributed by atoms with Gasteiger partial charge in [-0.3, -0.25) is 0 Å². The number of aromatic nitrogens is 4. The maximum atomic E-state index is 12.0. The normalized spacial score (nSPS) is 23.4. The lowest BCUT2D eigenvalue weighted by molar-refractivity contribution is 0.157. The van der Waals surface area contributed by atoms with Gasteiger partial charge >= 0.3 is 0 Å². The van der Waals surface area contributed by atoms with E-state index in [1.165, 1.54) is 19.1 Å². The Morgan fingerprint density at radius 1 is 1.18 bits per heavy atom. The van der Waals surface area contributed by atoms with Crippen molar-refractivity contribution in [2.75, 3.05) is 24.2 Å². The Hall–Kier alpha value is -2.48. The van der Waals surface area contributed by atoms with Gasteiger partial charge in [-0.05, 0) is 49.3 Å². The van der Waals surface area contributed by atoms with Gasteiger partial charge in [0.05, 0.1) is 9.73 Å². The summed E-state index contributed by atoms with van der Waals surface area (Å²) in [4.78, 5) is 12.0. The number of hydrogen-bond donors (Lipinski definition) is 1. The van der Waals surface area contributed by atoms with Gasteiger partial charge in [-0.15, -0.1) is 0 Å². The van der Waals surface area contributed by atoms with E-state index in [0.29, 0.717) is 10.7 Å². The van der Waals surface area contributed by atoms with Crippen LogP contribution in [0.1, 0.15) is 29.7 Å². The SMILES string of the molecule is Cc1nc2ncnn2c(N2CC3CC(C3)C2)c1Cc1ccc(S(C)(=N)=O)cc1. The molecule has 1 aliphatic carbocycles. The number of nitrogens with one attached hydrogen (secondary N) is 1. The summed E-state index contributed by atoms with van der Waals surface area (Å²) in [5.74, 6) is 3.32. The van der Waals surface area contributed by atoms with Crippen LogP contribution in [0.15, 0.2) is 35.5 Å². The maximum Gasteiger partial charge on any atom is 0.254 e. The molecule has 0 spiro atoms. The number of fused-ring (bicyclic) bond motifs is 3. The molecule has 8 heteroatoms. The molecule has 3 fully saturated rings. The Labute approximate surface area is 164 Å². The predicted octanol–water partition coefficient (Wildman–Crippen LogP) is 2.91. The van der Waals surface area contributed by atoms with E-state index < -0.39 is 9.73 Å². The smallest absolute Gasteiger partial charge is 0.254 e. The van der Waals surface area contributed by atoms with Gasteiger partial charge in [-0.25, -0.2) is 14.0 Å². The summed E-state index contributed by atoms with van der Waals surface area (Å²) in [5, 5.41) is 4.46. The van der Waals surface area contributed by atoms with Crippen LogP contribution in [0.3, 0.4) is 0 Å². The predicted molar refractivity (Wildman–Crippen MR) is 108 cm³/mol. The van der Waals surface area contributed by atoms with Crippen molar-refractivity contribution in [2.45, 2.75) is 31.1 Å². The van der Waals surface area contributed by atoms with E-state index in [9.17, 15) is 4.21 Å². The maximum absolute atomic E-state index is 12.0. The number of benzene rings is 1. The highest BCUT2D eigenvalue weighted by molar-refractivity contribution is 7.91. The third kappa shape index (κ3) is 2.96. The molecule has 146 valence electrons. The molecule has 1 saturated carbocycles. The Morgan fingerprint density at radius 3 is 2.50 bits per heavy atom. The van der Waals surface area contributed by atoms with Gasteiger partial charge in [0.2, 0.25) is 0 Å². The molecule has 7 nitrogen and oxygen atoms in total. The molecule has 4 heterocycles. The van der Waals surface area contributed by atoms with Crippen molar-refractivity contribution in [3.8, 4) is 0 Å². The quantitative estimate of drug-likeness (QED) is 0.733. The molecule has 3 aliphatic rings. The lowest BCUT2D eigenvalue weighted by Crippen LogP contribution is -2.49. The second kappa shape index (κ2) is 6.27. The Morgan fingerprint density at radius 2 is 1.86 bits per heavy atom. The molecule has 3 aromatic rings. The number of rotatable bonds is 4. The number of hydrogen-bond acceptors (Lipinski definition) is 6. The van der Waals surface area contributed by atoms with E-state index in [-0.39, 0.29) is 0 Å². The van der Waals surface area contributed by atoms with Crippen LogP contribution >= 0.6 is 0 Å². The number of nitrogens with zero attached hydrogens (tertiary/aromatic N) is 5. The zero-order chi connectivity index (χ0) is 19.5. The van der Waals surface area contributed by atoms with Gasteiger partial charge in [0.15, 0.2) is 0 Å². The van der Waals surface area contributed by atoms with E-state index in [1.807, 2.05) is 23.6 Å². The Balaban J connectivity index is 1.56. The first-order valence-corrected chi connectivity index (χ1v) is 11.6. The van der Waals surface area contributed by atoms with Crippen molar-refractivity contribution < 1.29 is 4.21 Å². The molecule has 1 atom stereocenters. The molecule has 28 heavy (non-hydrogen) atoms. The van der Waals surface area contributed by atoms with Gasteiger partial charge in [0.1, 0.15) is 12.1 Å². The summed E-state index contributed by atoms with van der Waals surface area (Å²) in [6, 6.07) is 7.54. The molecule has 2 saturated heterocycles. The summed E-state index contributed by atoms with van der Waals surface area (Å²) >= 11 is 0. The lowest BCUT2D eigenvalue weighted by Gasteiger charge is -2.48. The largest absolute Gasteiger partial charge is 0.356 e. The first kappa shape index (κ1) is 17.6. The molecule has 1 aromatic carbocycles. The van der Waals surface area contributed by atoms with E-state index in [0.717, 1.165) is 54.0 Å². The fourth-order valence-corrected chi connectivity index (χ4v) is 5.27. The third-order valence-corrected chi connectivity index (χ3v) is 7.22. The molecule has 0 amide bonds. The summed E-state index contributed by atoms with van der Waals surface area (Å²) in [5.41, 5.74) is 3.24. The zero-order valence-electron chi connectivity index (χ0n) is 16.1. The van der Waals surface area contributed by atoms with Crippen molar-refractivity contribution in [1.29, 1.82) is 4.78 Å². The summed E-state index contributed by atoms with van der Waals surface area (Å²) in [6.45, 7) is 4.17. The second-order valence-corrected chi connectivity index (χ2v) is 10.4. The van der Waals surface area contributed by atoms with Gasteiger partial charge < -0.3 is 4.90 Å². The first-order chi connectivity index (χ1) is 13.4. The van der Waals surface area contributed by atoms with E-state index in [4.69, 9.17) is 4.78 Å². The highest BCUT2D eigenvalue weighted by Crippen LogP contribution is 2.42. The third-order valence-electron chi connectivity index (χ3n) is 6.05. The monoisotopic (exact) mass is 396 g/mol. The minimum atomic E-state index is -2.69. The van der Waals surface area contributed by atoms with Gasteiger partial charge in [-0.2, -0.15) is 14.6 Å². The highest BCUT2D eigenvalue weighted by atomic mass is 32.2. The summed E-state index contributed by atoms with van der Waals surface area (Å²) < 4.78 is 21.6. The van der Waals surface area contributed by atoms with Crippen molar-refractivity contribution in [1.82, 2.24) is 19.6 Å². The van der Waals surface area contributed by atoms with Gasteiger partial charge in [0, 0.05) is 41.9 Å². The van der Waals surface area contributed by atoms with Crippen LogP contribution in [0, 0.1) is 23.5 Å². The minimum Gasteiger partial charge on any atom is -0.356 e. The average molecular weight is 397 g/mol. The highest BCUT2D eigenvalue weighted by Gasteiger charge is 2.38.